The lowest BCUT2D eigenvalue weighted by Crippen LogP contribution is -2.52. The molecule has 1 fully saturated rings. The second kappa shape index (κ2) is 19.0. The molecule has 11 heteroatoms. The van der Waals surface area contributed by atoms with Crippen molar-refractivity contribution in [2.75, 3.05) is 11.9 Å². The molecule has 0 radical (unpaired) electrons. The minimum Gasteiger partial charge on any atom is -0.508 e. The number of fused-ring (bicyclic) bond motifs is 8. The number of phenols is 1. The van der Waals surface area contributed by atoms with Crippen LogP contribution in [-0.2, 0) is 51.4 Å². The third kappa shape index (κ3) is 10.2. The minimum absolute atomic E-state index is 0.0411. The number of hydrogen-bond donors (Lipinski definition) is 6. The van der Waals surface area contributed by atoms with Crippen molar-refractivity contribution in [3.8, 4) is 23.3 Å². The smallest absolute Gasteiger partial charge is 0.334 e. The van der Waals surface area contributed by atoms with Crippen molar-refractivity contribution < 1.29 is 49.4 Å². The van der Waals surface area contributed by atoms with Crippen LogP contribution in [0.4, 0.5) is 5.69 Å². The summed E-state index contributed by atoms with van der Waals surface area (Å²) in [5.74, 6) is 3.30. The molecule has 0 amide bonds. The van der Waals surface area contributed by atoms with Crippen LogP contribution in [0.3, 0.4) is 0 Å². The fraction of sp³-hybridized carbons (Fsp3) is 0.500. The van der Waals surface area contributed by atoms with Crippen molar-refractivity contribution in [2.24, 2.45) is 11.8 Å². The number of anilines is 1. The van der Waals surface area contributed by atoms with Crippen molar-refractivity contribution in [3.63, 3.8) is 0 Å². The SMILES string of the molecule is CCCCCc1c(CO)cc([C@@H]2C#C[C@H]3CC(=O)Oc4cc(O)c(cc43)C[C@H]3OC(=O)/C(=C\[C@H](O)Cc4cccc(c4)C[C@@H]4C[C@H](CCC4=O)[C@]3(C)O)C2)cc1NC[C@H](C)O. The summed E-state index contributed by atoms with van der Waals surface area (Å²) in [6, 6.07) is 14.6. The number of carbonyl (C=O) groups is 3. The van der Waals surface area contributed by atoms with E-state index in [0.29, 0.717) is 47.9 Å². The maximum Gasteiger partial charge on any atom is 0.334 e. The molecule has 0 spiro atoms. The normalized spacial score (nSPS) is 27.9. The number of aliphatic hydroxyl groups excluding tert-OH is 3. The molecule has 0 aromatic heterocycles. The molecule has 3 heterocycles. The highest BCUT2D eigenvalue weighted by Gasteiger charge is 2.46. The monoisotopic (exact) mass is 833 g/mol. The van der Waals surface area contributed by atoms with Gasteiger partial charge in [0.2, 0.25) is 0 Å². The van der Waals surface area contributed by atoms with Gasteiger partial charge in [-0.15, -0.1) is 0 Å². The quantitative estimate of drug-likeness (QED) is 0.0619. The van der Waals surface area contributed by atoms with E-state index >= 15 is 0 Å². The van der Waals surface area contributed by atoms with E-state index in [1.54, 1.807) is 19.9 Å². The Bertz CT molecular complexity index is 2230. The van der Waals surface area contributed by atoms with Crippen LogP contribution >= 0.6 is 0 Å². The lowest BCUT2D eigenvalue weighted by Gasteiger charge is -2.42. The van der Waals surface area contributed by atoms with Gasteiger partial charge in [0.1, 0.15) is 29.0 Å². The molecule has 8 bridgehead atoms. The highest BCUT2D eigenvalue weighted by Crippen LogP contribution is 2.44. The number of hydrogen-bond acceptors (Lipinski definition) is 11. The number of unbranched alkanes of at least 4 members (excludes halogenated alkanes) is 2. The molecular weight excluding hydrogens is 775 g/mol. The Morgan fingerprint density at radius 3 is 2.49 bits per heavy atom. The molecule has 0 saturated heterocycles. The molecule has 6 N–H and O–H groups in total. The van der Waals surface area contributed by atoms with Crippen LogP contribution in [0.15, 0.2) is 60.2 Å². The predicted molar refractivity (Wildman–Crippen MR) is 230 cm³/mol. The van der Waals surface area contributed by atoms with Crippen LogP contribution in [0.25, 0.3) is 0 Å². The van der Waals surface area contributed by atoms with Crippen molar-refractivity contribution >= 4 is 23.4 Å². The van der Waals surface area contributed by atoms with Crippen molar-refractivity contribution in [1.82, 2.24) is 0 Å². The van der Waals surface area contributed by atoms with Crippen LogP contribution in [0.5, 0.6) is 11.5 Å². The van der Waals surface area contributed by atoms with Crippen LogP contribution in [0.2, 0.25) is 0 Å². The highest BCUT2D eigenvalue weighted by molar-refractivity contribution is 5.89. The Hall–Kier alpha value is -4.99. The zero-order chi connectivity index (χ0) is 43.4. The minimum atomic E-state index is -1.67. The predicted octanol–water partition coefficient (Wildman–Crippen LogP) is 6.27. The summed E-state index contributed by atoms with van der Waals surface area (Å²) in [7, 11) is 0. The van der Waals surface area contributed by atoms with Crippen LogP contribution in [0, 0.1) is 23.7 Å². The van der Waals surface area contributed by atoms with E-state index in [0.717, 1.165) is 41.6 Å². The fourth-order valence-electron chi connectivity index (χ4n) is 9.56. The molecule has 7 rings (SSSR count). The van der Waals surface area contributed by atoms with E-state index in [1.165, 1.54) is 12.1 Å². The van der Waals surface area contributed by atoms with Gasteiger partial charge in [-0.3, -0.25) is 9.59 Å². The van der Waals surface area contributed by atoms with Crippen molar-refractivity contribution in [3.05, 3.63) is 99.1 Å². The number of ether oxygens (including phenoxy) is 2. The zero-order valence-corrected chi connectivity index (χ0v) is 35.4. The van der Waals surface area contributed by atoms with E-state index in [1.807, 2.05) is 36.4 Å². The van der Waals surface area contributed by atoms with Crippen molar-refractivity contribution in [1.29, 1.82) is 0 Å². The number of carbonyl (C=O) groups excluding carboxylic acids is 3. The molecule has 61 heavy (non-hydrogen) atoms. The molecular formula is C50H59NO10. The first-order chi connectivity index (χ1) is 29.2. The number of nitrogens with one attached hydrogen (secondary N) is 1. The number of Topliss-reactive ketones (excluding diaryl/α,β-unsaturated/α-hetero) is 1. The number of rotatable bonds is 9. The van der Waals surface area contributed by atoms with E-state index in [-0.39, 0.29) is 74.0 Å². The van der Waals surface area contributed by atoms with Crippen LogP contribution in [-0.4, -0.2) is 73.7 Å². The molecule has 3 aromatic carbocycles. The van der Waals surface area contributed by atoms with Gasteiger partial charge in [0.15, 0.2) is 0 Å². The average Bonchev–Trinajstić information content (AvgIpc) is 3.22. The maximum atomic E-state index is 14.8. The average molecular weight is 834 g/mol. The highest BCUT2D eigenvalue weighted by atomic mass is 16.6. The Morgan fingerprint density at radius 2 is 1.74 bits per heavy atom. The first-order valence-electron chi connectivity index (χ1n) is 21.9. The zero-order valence-electron chi connectivity index (χ0n) is 35.4. The van der Waals surface area contributed by atoms with Gasteiger partial charge in [0, 0.05) is 60.5 Å². The number of phenolic OH excluding ortho intramolecular Hbond substituents is 1. The van der Waals surface area contributed by atoms with E-state index in [9.17, 15) is 39.9 Å². The van der Waals surface area contributed by atoms with Gasteiger partial charge in [0.25, 0.3) is 0 Å². The largest absolute Gasteiger partial charge is 0.508 e. The number of benzene rings is 3. The summed E-state index contributed by atoms with van der Waals surface area (Å²) < 4.78 is 12.0. The topological polar surface area (TPSA) is 183 Å². The Labute approximate surface area is 358 Å². The Balaban J connectivity index is 1.42. The van der Waals surface area contributed by atoms with Gasteiger partial charge >= 0.3 is 11.9 Å². The fourth-order valence-corrected chi connectivity index (χ4v) is 9.56. The maximum absolute atomic E-state index is 14.8. The number of aromatic hydroxyl groups is 1. The first kappa shape index (κ1) is 44.1. The molecule has 8 atom stereocenters. The second-order valence-electron chi connectivity index (χ2n) is 17.8. The summed E-state index contributed by atoms with van der Waals surface area (Å²) in [5, 5.41) is 60.2. The summed E-state index contributed by atoms with van der Waals surface area (Å²) in [5.41, 5.74) is 4.15. The molecule has 1 aliphatic carbocycles. The van der Waals surface area contributed by atoms with Crippen molar-refractivity contribution in [2.45, 2.75) is 140 Å². The van der Waals surface area contributed by atoms with Gasteiger partial charge in [0.05, 0.1) is 31.2 Å². The summed E-state index contributed by atoms with van der Waals surface area (Å²) >= 11 is 0. The lowest BCUT2D eigenvalue weighted by molar-refractivity contribution is -0.170. The van der Waals surface area contributed by atoms with Gasteiger partial charge in [-0.05, 0) is 110 Å². The Morgan fingerprint density at radius 1 is 0.967 bits per heavy atom. The number of esters is 2. The van der Waals surface area contributed by atoms with E-state index in [4.69, 9.17) is 9.47 Å². The summed E-state index contributed by atoms with van der Waals surface area (Å²) in [6.45, 7) is 5.43. The molecule has 3 aromatic rings. The molecule has 11 nitrogen and oxygen atoms in total. The van der Waals surface area contributed by atoms with Gasteiger partial charge in [-0.25, -0.2) is 4.79 Å². The number of ketones is 1. The third-order valence-electron chi connectivity index (χ3n) is 13.1. The van der Waals surface area contributed by atoms with Crippen LogP contribution in [0.1, 0.15) is 123 Å². The molecule has 3 aliphatic heterocycles. The first-order valence-corrected chi connectivity index (χ1v) is 21.9. The Kier molecular flexibility index (Phi) is 13.7. The second-order valence-corrected chi connectivity index (χ2v) is 17.8. The van der Waals surface area contributed by atoms with E-state index < -0.39 is 53.6 Å². The third-order valence-corrected chi connectivity index (χ3v) is 13.1. The van der Waals surface area contributed by atoms with Gasteiger partial charge in [-0.1, -0.05) is 61.9 Å². The molecule has 324 valence electrons. The molecule has 0 unspecified atom stereocenters. The van der Waals surface area contributed by atoms with Crippen LogP contribution < -0.4 is 10.1 Å². The lowest BCUT2D eigenvalue weighted by atomic mass is 9.68. The summed E-state index contributed by atoms with van der Waals surface area (Å²) in [6.07, 6.45) is 3.52. The van der Waals surface area contributed by atoms with Gasteiger partial charge in [-0.2, -0.15) is 0 Å². The number of aliphatic hydroxyl groups is 4. The standard InChI is InChI=1S/C50H59NO10/c1-4-5-6-10-41-38(28-52)19-34(23-43(41)51-27-29(2)53)32-11-12-33-25-48(57)60-46-26-45(56)36(22-42(33)46)24-47-50(3,59)39-13-14-44(55)35(20-39)16-30-8-7-9-31(15-30)17-40(54)21-37(18-32)49(58)61-47/h7-9,15,19,21-23,26,29,32-33,35,39-40,47,51-54,56,59H,4-6,10,13-14,16-18,20,24-25,27-28H2,1-3H3/b37-21-/t29-,32+,33-,35+,39-,40+,47+,50-/m0/s1. The molecule has 4 aliphatic rings. The van der Waals surface area contributed by atoms with Gasteiger partial charge < -0.3 is 40.3 Å². The molecule has 1 saturated carbocycles. The van der Waals surface area contributed by atoms with E-state index in [2.05, 4.69) is 24.1 Å². The summed E-state index contributed by atoms with van der Waals surface area (Å²) in [4.78, 5) is 41.2.